The van der Waals surface area contributed by atoms with Crippen LogP contribution in [-0.2, 0) is 29.0 Å². The number of imidazole rings is 1. The molecule has 2 fully saturated rings. The van der Waals surface area contributed by atoms with Crippen molar-refractivity contribution in [2.75, 3.05) is 12.3 Å². The first-order chi connectivity index (χ1) is 22.7. The summed E-state index contributed by atoms with van der Waals surface area (Å²) in [6.07, 6.45) is -2.21. The Kier molecular flexibility index (Phi) is 10.6. The van der Waals surface area contributed by atoms with Gasteiger partial charge in [-0.05, 0) is 34.3 Å². The van der Waals surface area contributed by atoms with Crippen LogP contribution in [0.1, 0.15) is 61.6 Å². The molecule has 2 aliphatic rings. The van der Waals surface area contributed by atoms with E-state index >= 15 is 0 Å². The summed E-state index contributed by atoms with van der Waals surface area (Å²) in [6.45, 7) is 20.9. The summed E-state index contributed by atoms with van der Waals surface area (Å²) in [7, 11) is -6.08. The second kappa shape index (κ2) is 14.0. The Morgan fingerprint density at radius 3 is 2.29 bits per heavy atom. The molecule has 3 N–H and O–H groups in total. The molecule has 0 radical (unpaired) electrons. The van der Waals surface area contributed by atoms with Crippen molar-refractivity contribution in [3.63, 3.8) is 0 Å². The lowest BCUT2D eigenvalue weighted by molar-refractivity contribution is -0.0581. The third-order valence-electron chi connectivity index (χ3n) is 9.19. The standard InChI is InChI=1S/C32H47N5O8SSi2/c1-10-16-36-24-27(34-30(33)35-28(24)38)37(31(36)39)29-26(43-32(46)41-22-14-12-11-13-15-22)25-23(42-29)17-40-47(18(2)3,19(4)5)45-48(44-25,20(6)7)21(8)9/h10-15,18-21,23,25-26,29H,1,16-17H2,2-9H3,(H3,33,34,35,38)/t23-,25-,26-,29-/m1/s1. The molecule has 48 heavy (non-hydrogen) atoms. The van der Waals surface area contributed by atoms with Crippen molar-refractivity contribution in [2.45, 2.75) is 109 Å². The predicted octanol–water partition coefficient (Wildman–Crippen LogP) is 5.26. The van der Waals surface area contributed by atoms with Crippen molar-refractivity contribution in [1.29, 1.82) is 0 Å². The van der Waals surface area contributed by atoms with E-state index in [-0.39, 0.29) is 57.7 Å². The van der Waals surface area contributed by atoms with Gasteiger partial charge in [0.1, 0.15) is 18.0 Å². The van der Waals surface area contributed by atoms with Gasteiger partial charge < -0.3 is 32.9 Å². The number of nitrogens with zero attached hydrogens (tertiary/aromatic N) is 3. The zero-order chi connectivity index (χ0) is 35.1. The molecule has 0 saturated carbocycles. The topological polar surface area (TPSA) is 154 Å². The maximum absolute atomic E-state index is 14.2. The van der Waals surface area contributed by atoms with E-state index in [9.17, 15) is 9.59 Å². The van der Waals surface area contributed by atoms with E-state index in [4.69, 9.17) is 45.1 Å². The summed E-state index contributed by atoms with van der Waals surface area (Å²) in [5.74, 6) is 0.309. The second-order valence-corrected chi connectivity index (χ2v) is 22.7. The third kappa shape index (κ3) is 6.34. The Bertz CT molecular complexity index is 1740. The van der Waals surface area contributed by atoms with Gasteiger partial charge in [-0.2, -0.15) is 4.98 Å². The number of nitrogen functional groups attached to an aromatic ring is 1. The lowest BCUT2D eigenvalue weighted by atomic mass is 10.1. The van der Waals surface area contributed by atoms with Crippen molar-refractivity contribution in [3.8, 4) is 5.75 Å². The lowest BCUT2D eigenvalue weighted by Crippen LogP contribution is -2.66. The van der Waals surface area contributed by atoms with Gasteiger partial charge in [-0.1, -0.05) is 79.7 Å². The monoisotopic (exact) mass is 717 g/mol. The molecular weight excluding hydrogens is 671 g/mol. The predicted molar refractivity (Wildman–Crippen MR) is 191 cm³/mol. The normalized spacial score (nSPS) is 23.8. The number of ether oxygens (including phenoxy) is 3. The number of aromatic amines is 1. The van der Waals surface area contributed by atoms with Gasteiger partial charge in [-0.25, -0.2) is 9.36 Å². The Morgan fingerprint density at radius 2 is 1.71 bits per heavy atom. The van der Waals surface area contributed by atoms with Gasteiger partial charge in [0.15, 0.2) is 23.5 Å². The lowest BCUT2D eigenvalue weighted by Gasteiger charge is -2.51. The van der Waals surface area contributed by atoms with E-state index in [1.807, 2.05) is 18.2 Å². The molecule has 4 atom stereocenters. The number of rotatable bonds is 9. The fraction of sp³-hybridized carbons (Fsp3) is 0.562. The Morgan fingerprint density at radius 1 is 1.08 bits per heavy atom. The Hall–Kier alpha value is -3.13. The highest BCUT2D eigenvalue weighted by atomic mass is 32.1. The summed E-state index contributed by atoms with van der Waals surface area (Å²) in [6, 6.07) is 8.98. The second-order valence-electron chi connectivity index (χ2n) is 13.5. The van der Waals surface area contributed by atoms with Crippen LogP contribution in [0.3, 0.4) is 0 Å². The summed E-state index contributed by atoms with van der Waals surface area (Å²) in [4.78, 5) is 34.2. The average molecular weight is 718 g/mol. The van der Waals surface area contributed by atoms with Gasteiger partial charge in [-0.3, -0.25) is 14.3 Å². The highest BCUT2D eigenvalue weighted by molar-refractivity contribution is 7.79. The number of hydrogen-bond acceptors (Lipinski definition) is 11. The minimum Gasteiger partial charge on any atom is -0.446 e. The molecule has 2 aliphatic heterocycles. The number of H-pyrrole nitrogens is 1. The first-order valence-electron chi connectivity index (χ1n) is 16.4. The van der Waals surface area contributed by atoms with Crippen molar-refractivity contribution in [1.82, 2.24) is 19.1 Å². The van der Waals surface area contributed by atoms with Crippen LogP contribution in [-0.4, -0.2) is 66.4 Å². The van der Waals surface area contributed by atoms with Crippen molar-refractivity contribution in [3.05, 3.63) is 63.8 Å². The Labute approximate surface area is 287 Å². The smallest absolute Gasteiger partial charge is 0.358 e. The maximum Gasteiger partial charge on any atom is 0.358 e. The zero-order valence-corrected chi connectivity index (χ0v) is 31.6. The largest absolute Gasteiger partial charge is 0.446 e. The SMILES string of the molecule is C=CCn1c(=O)n([C@@H]2O[C@@H]3CO[Si](C(C)C)(C(C)C)O[Si](C(C)C)(C(C)C)O[C@H]3[C@H]2OC(=S)Oc2ccccc2)c2nc(N)[nH]c(=O)c21. The molecule has 16 heteroatoms. The van der Waals surface area contributed by atoms with Crippen LogP contribution in [0, 0.1) is 0 Å². The van der Waals surface area contributed by atoms with Crippen molar-refractivity contribution in [2.24, 2.45) is 0 Å². The van der Waals surface area contributed by atoms with Crippen molar-refractivity contribution < 1.29 is 27.2 Å². The molecule has 0 amide bonds. The third-order valence-corrected chi connectivity index (χ3v) is 19.6. The molecule has 0 unspecified atom stereocenters. The van der Waals surface area contributed by atoms with E-state index < -0.39 is 52.9 Å². The van der Waals surface area contributed by atoms with E-state index in [1.165, 1.54) is 15.2 Å². The summed E-state index contributed by atoms with van der Waals surface area (Å²) in [5, 5.41) is -0.199. The summed E-state index contributed by atoms with van der Waals surface area (Å²) in [5.41, 5.74) is 5.12. The quantitative estimate of drug-likeness (QED) is 0.169. The fourth-order valence-electron chi connectivity index (χ4n) is 6.90. The first kappa shape index (κ1) is 36.2. The molecule has 0 spiro atoms. The molecule has 1 aromatic carbocycles. The van der Waals surface area contributed by atoms with Crippen molar-refractivity contribution >= 4 is 51.7 Å². The van der Waals surface area contributed by atoms with Gasteiger partial charge in [0.2, 0.25) is 5.95 Å². The number of benzene rings is 1. The molecule has 13 nitrogen and oxygen atoms in total. The van der Waals surface area contributed by atoms with Crippen LogP contribution in [0.5, 0.6) is 5.75 Å². The van der Waals surface area contributed by atoms with Crippen LogP contribution in [0.25, 0.3) is 11.2 Å². The summed E-state index contributed by atoms with van der Waals surface area (Å²) >= 11 is 5.62. The molecule has 5 rings (SSSR count). The maximum atomic E-state index is 14.2. The number of anilines is 1. The van der Waals surface area contributed by atoms with Crippen LogP contribution in [0.2, 0.25) is 22.2 Å². The van der Waals surface area contributed by atoms with Gasteiger partial charge in [0, 0.05) is 18.8 Å². The minimum atomic E-state index is -3.16. The number of para-hydroxylation sites is 1. The van der Waals surface area contributed by atoms with Crippen LogP contribution in [0.15, 0.2) is 52.6 Å². The molecule has 0 aliphatic carbocycles. The van der Waals surface area contributed by atoms with E-state index in [2.05, 4.69) is 71.9 Å². The fourth-order valence-corrected chi connectivity index (χ4v) is 18.3. The van der Waals surface area contributed by atoms with Crippen LogP contribution in [0.4, 0.5) is 5.95 Å². The average Bonchev–Trinajstić information content (AvgIpc) is 3.45. The molecular formula is C32H47N5O8SSi2. The van der Waals surface area contributed by atoms with Crippen LogP contribution < -0.4 is 21.7 Å². The number of fused-ring (bicyclic) bond motifs is 2. The van der Waals surface area contributed by atoms with Gasteiger partial charge in [0.05, 0.1) is 6.61 Å². The van der Waals surface area contributed by atoms with Gasteiger partial charge in [0.25, 0.3) is 5.56 Å². The number of thiocarbonyl (C=S) groups is 1. The number of allylic oxidation sites excluding steroid dienone is 1. The minimum absolute atomic E-state index is 0.00805. The summed E-state index contributed by atoms with van der Waals surface area (Å²) < 4.78 is 43.2. The highest BCUT2D eigenvalue weighted by Gasteiger charge is 2.63. The molecule has 3 aromatic rings. The number of nitrogens with two attached hydrogens (primary N) is 1. The molecule has 4 heterocycles. The number of hydrogen-bond donors (Lipinski definition) is 2. The Balaban J connectivity index is 1.70. The number of aromatic nitrogens is 4. The zero-order valence-electron chi connectivity index (χ0n) is 28.8. The molecule has 262 valence electrons. The van der Waals surface area contributed by atoms with E-state index in [0.29, 0.717) is 5.75 Å². The van der Waals surface area contributed by atoms with E-state index in [0.717, 1.165) is 0 Å². The molecule has 2 aromatic heterocycles. The van der Waals surface area contributed by atoms with Gasteiger partial charge in [-0.15, -0.1) is 6.58 Å². The molecule has 2 saturated heterocycles. The van der Waals surface area contributed by atoms with Gasteiger partial charge >= 0.3 is 28.0 Å². The first-order valence-corrected chi connectivity index (χ1v) is 20.7. The molecule has 0 bridgehead atoms. The highest BCUT2D eigenvalue weighted by Crippen LogP contribution is 2.49. The van der Waals surface area contributed by atoms with Crippen LogP contribution >= 0.6 is 12.2 Å². The van der Waals surface area contributed by atoms with E-state index in [1.54, 1.807) is 12.1 Å². The number of nitrogens with one attached hydrogen (secondary N) is 1.